The van der Waals surface area contributed by atoms with Crippen LogP contribution in [0.4, 0.5) is 4.39 Å². The van der Waals surface area contributed by atoms with E-state index in [1.807, 2.05) is 11.9 Å². The summed E-state index contributed by atoms with van der Waals surface area (Å²) in [6.07, 6.45) is 11.5. The molecule has 3 rings (SSSR count). The smallest absolute Gasteiger partial charge is 0.239 e. The van der Waals surface area contributed by atoms with Gasteiger partial charge in [-0.1, -0.05) is 65.5 Å². The summed E-state index contributed by atoms with van der Waals surface area (Å²) in [5.74, 6) is 1.17. The zero-order valence-electron chi connectivity index (χ0n) is 25.5. The van der Waals surface area contributed by atoms with Crippen molar-refractivity contribution >= 4 is 11.8 Å². The van der Waals surface area contributed by atoms with Crippen molar-refractivity contribution in [1.29, 1.82) is 0 Å². The molecule has 1 unspecified atom stereocenters. The van der Waals surface area contributed by atoms with Crippen LogP contribution in [0.15, 0.2) is 30.0 Å². The third-order valence-electron chi connectivity index (χ3n) is 7.05. The lowest BCUT2D eigenvalue weighted by atomic mass is 9.82. The van der Waals surface area contributed by atoms with Crippen LogP contribution in [0.1, 0.15) is 84.6 Å². The van der Waals surface area contributed by atoms with Crippen molar-refractivity contribution in [3.63, 3.8) is 0 Å². The highest BCUT2D eigenvalue weighted by Crippen LogP contribution is 2.31. The van der Waals surface area contributed by atoms with E-state index in [1.54, 1.807) is 6.07 Å². The van der Waals surface area contributed by atoms with Crippen LogP contribution in [0.5, 0.6) is 5.75 Å². The molecule has 0 aromatic heterocycles. The van der Waals surface area contributed by atoms with Gasteiger partial charge in [0.15, 0.2) is 0 Å². The summed E-state index contributed by atoms with van der Waals surface area (Å²) in [4.78, 5) is 26.9. The number of rotatable bonds is 3. The van der Waals surface area contributed by atoms with E-state index in [0.717, 1.165) is 42.9 Å². The second-order valence-electron chi connectivity index (χ2n) is 11.7. The monoisotopic (exact) mass is 560 g/mol. The van der Waals surface area contributed by atoms with E-state index in [2.05, 4.69) is 49.7 Å². The van der Waals surface area contributed by atoms with Crippen LogP contribution in [0.2, 0.25) is 0 Å². The van der Waals surface area contributed by atoms with Crippen LogP contribution in [0.25, 0.3) is 0 Å². The molecule has 1 aliphatic carbocycles. The van der Waals surface area contributed by atoms with Gasteiger partial charge in [-0.25, -0.2) is 4.39 Å². The number of nitrogens with zero attached hydrogens (tertiary/aromatic N) is 1. The molecule has 1 atom stereocenters. The van der Waals surface area contributed by atoms with Crippen LogP contribution in [0.3, 0.4) is 0 Å². The average Bonchev–Trinajstić information content (AvgIpc) is 2.91. The number of halogens is 1. The van der Waals surface area contributed by atoms with E-state index >= 15 is 0 Å². The Hall–Kier alpha value is -2.61. The summed E-state index contributed by atoms with van der Waals surface area (Å²) < 4.78 is 20.0. The first-order valence-corrected chi connectivity index (χ1v) is 15.3. The third-order valence-corrected chi connectivity index (χ3v) is 7.05. The van der Waals surface area contributed by atoms with Crippen molar-refractivity contribution in [2.75, 3.05) is 39.8 Å². The zero-order valence-corrected chi connectivity index (χ0v) is 25.5. The second kappa shape index (κ2) is 18.7. The summed E-state index contributed by atoms with van der Waals surface area (Å²) >= 11 is 0. The number of carbonyl (C=O) groups is 2. The molecule has 40 heavy (non-hydrogen) atoms. The summed E-state index contributed by atoms with van der Waals surface area (Å²) in [5, 5.41) is 9.33. The van der Waals surface area contributed by atoms with Crippen LogP contribution >= 0.6 is 0 Å². The molecule has 7 nitrogen and oxygen atoms in total. The molecule has 3 N–H and O–H groups in total. The molecule has 226 valence electrons. The number of benzene rings is 1. The summed E-state index contributed by atoms with van der Waals surface area (Å²) in [5.41, 5.74) is 2.04. The number of unbranched alkanes of at least 4 members (excludes halogenated alkanes) is 1. The van der Waals surface area contributed by atoms with Crippen molar-refractivity contribution in [3.05, 3.63) is 41.4 Å². The summed E-state index contributed by atoms with van der Waals surface area (Å²) in [6.45, 7) is 10.3. The Morgan fingerprint density at radius 2 is 1.77 bits per heavy atom. The Labute approximate surface area is 241 Å². The van der Waals surface area contributed by atoms with Crippen LogP contribution in [-0.2, 0) is 16.0 Å². The van der Waals surface area contributed by atoms with Crippen molar-refractivity contribution in [3.8, 4) is 5.75 Å². The van der Waals surface area contributed by atoms with Gasteiger partial charge in [0, 0.05) is 37.9 Å². The number of hydrogen-bond donors (Lipinski definition) is 3. The number of likely N-dealkylation sites (N-methyl/N-ethyl adjacent to an activating group) is 1. The molecule has 8 heteroatoms. The maximum absolute atomic E-state index is 14.0. The minimum absolute atomic E-state index is 0.0457. The molecular weight excluding hydrogens is 507 g/mol. The van der Waals surface area contributed by atoms with Crippen molar-refractivity contribution in [2.45, 2.75) is 91.5 Å². The molecule has 2 aliphatic rings. The van der Waals surface area contributed by atoms with Gasteiger partial charge in [0.05, 0.1) is 13.1 Å². The molecule has 1 heterocycles. The highest BCUT2D eigenvalue weighted by atomic mass is 19.1. The number of hydrogen-bond acceptors (Lipinski definition) is 5. The minimum atomic E-state index is -0.320. The molecular formula is C32H53FN4O3. The fourth-order valence-corrected chi connectivity index (χ4v) is 5.15. The van der Waals surface area contributed by atoms with Crippen molar-refractivity contribution in [1.82, 2.24) is 20.9 Å². The van der Waals surface area contributed by atoms with Gasteiger partial charge in [-0.3, -0.25) is 9.59 Å². The van der Waals surface area contributed by atoms with Gasteiger partial charge in [0.25, 0.3) is 0 Å². The fraction of sp³-hybridized carbons (Fsp3) is 0.688. The number of carbonyl (C=O) groups excluding carboxylic acids is 2. The zero-order chi connectivity index (χ0) is 29.3. The van der Waals surface area contributed by atoms with Gasteiger partial charge >= 0.3 is 0 Å². The maximum Gasteiger partial charge on any atom is 0.239 e. The predicted molar refractivity (Wildman–Crippen MR) is 161 cm³/mol. The molecule has 1 aliphatic heterocycles. The van der Waals surface area contributed by atoms with E-state index < -0.39 is 0 Å². The van der Waals surface area contributed by atoms with Crippen LogP contribution in [0, 0.1) is 17.7 Å². The van der Waals surface area contributed by atoms with Gasteiger partial charge in [0.1, 0.15) is 18.2 Å². The lowest BCUT2D eigenvalue weighted by Gasteiger charge is -2.37. The molecule has 0 spiro atoms. The van der Waals surface area contributed by atoms with E-state index in [9.17, 15) is 14.0 Å². The molecule has 2 amide bonds. The van der Waals surface area contributed by atoms with E-state index in [1.165, 1.54) is 31.4 Å². The minimum Gasteiger partial charge on any atom is -0.492 e. The highest BCUT2D eigenvalue weighted by Gasteiger charge is 2.29. The number of aryl methyl sites for hydroxylation is 1. The Morgan fingerprint density at radius 1 is 1.05 bits per heavy atom. The number of amides is 2. The van der Waals surface area contributed by atoms with Gasteiger partial charge in [0.2, 0.25) is 11.8 Å². The Kier molecular flexibility index (Phi) is 15.7. The van der Waals surface area contributed by atoms with E-state index in [4.69, 9.17) is 4.74 Å². The molecule has 1 aromatic carbocycles. The van der Waals surface area contributed by atoms with Gasteiger partial charge in [-0.05, 0) is 55.6 Å². The molecule has 0 radical (unpaired) electrons. The summed E-state index contributed by atoms with van der Waals surface area (Å²) in [7, 11) is 1.95. The lowest BCUT2D eigenvalue weighted by Crippen LogP contribution is -2.47. The molecule has 1 saturated carbocycles. The fourth-order valence-electron chi connectivity index (χ4n) is 5.15. The first kappa shape index (κ1) is 33.6. The molecule has 0 saturated heterocycles. The van der Waals surface area contributed by atoms with Gasteiger partial charge in [-0.2, -0.15) is 0 Å². The molecule has 0 bridgehead atoms. The third kappa shape index (κ3) is 12.7. The topological polar surface area (TPSA) is 82.7 Å². The second-order valence-corrected chi connectivity index (χ2v) is 11.7. The van der Waals surface area contributed by atoms with Crippen LogP contribution in [-0.4, -0.2) is 62.6 Å². The lowest BCUT2D eigenvalue weighted by molar-refractivity contribution is -0.126. The maximum atomic E-state index is 14.0. The van der Waals surface area contributed by atoms with Gasteiger partial charge in [-0.15, -0.1) is 0 Å². The normalized spacial score (nSPS) is 21.7. The number of ether oxygens (including phenoxy) is 1. The number of nitrogens with one attached hydrogen (secondary N) is 3. The SMILES string of the molecule is CC(C)C.CCC/C=C1\C(C2CCCCC2)NCCOc2cc(F)ccc2CCCNC(=O)CNC(=O)CN1C. The van der Waals surface area contributed by atoms with Crippen LogP contribution < -0.4 is 20.7 Å². The number of allylic oxidation sites excluding steroid dienone is 1. The standard InChI is InChI=1S/C28H43FN4O3.C4H10/c1-3-4-12-24-28(22-9-6-5-7-10-22)31-16-17-36-25-18-23(29)14-13-21(25)11-8-15-30-26(34)19-32-27(35)20-33(24)2;1-4(2)3/h12-14,18,22,28,31H,3-11,15-17,19-20H2,1-2H3,(H,30,34)(H,32,35);4H,1-3H3/b24-12+;. The Bertz CT molecular complexity index is 928. The average molecular weight is 561 g/mol. The Balaban J connectivity index is 0.00000131. The number of fused-ring (bicyclic) bond motifs is 1. The first-order chi connectivity index (χ1) is 19.2. The largest absolute Gasteiger partial charge is 0.492 e. The Morgan fingerprint density at radius 3 is 2.48 bits per heavy atom. The first-order valence-electron chi connectivity index (χ1n) is 15.3. The summed E-state index contributed by atoms with van der Waals surface area (Å²) in [6, 6.07) is 4.75. The predicted octanol–water partition coefficient (Wildman–Crippen LogP) is 5.20. The van der Waals surface area contributed by atoms with Crippen molar-refractivity contribution < 1.29 is 18.7 Å². The highest BCUT2D eigenvalue weighted by molar-refractivity contribution is 5.85. The van der Waals surface area contributed by atoms with E-state index in [0.29, 0.717) is 44.2 Å². The van der Waals surface area contributed by atoms with E-state index in [-0.39, 0.29) is 36.8 Å². The molecule has 1 fully saturated rings. The van der Waals surface area contributed by atoms with Gasteiger partial charge < -0.3 is 25.6 Å². The quantitative estimate of drug-likeness (QED) is 0.474. The molecule has 1 aromatic rings. The van der Waals surface area contributed by atoms with Crippen molar-refractivity contribution in [2.24, 2.45) is 11.8 Å².